The van der Waals surface area contributed by atoms with Crippen LogP contribution in [0.15, 0.2) is 52.7 Å². The average Bonchev–Trinajstić information content (AvgIpc) is 2.70. The second-order valence-corrected chi connectivity index (χ2v) is 8.49. The summed E-state index contributed by atoms with van der Waals surface area (Å²) in [6, 6.07) is -0.745. The molecule has 2 amide bonds. The molecular weight excluding hydrogens is 423 g/mol. The van der Waals surface area contributed by atoms with Gasteiger partial charge in [0.15, 0.2) is 6.17 Å². The summed E-state index contributed by atoms with van der Waals surface area (Å²) in [5, 5.41) is 5.62. The Hall–Kier alpha value is -2.45. The largest absolute Gasteiger partial charge is 0.368 e. The molecule has 4 atom stereocenters. The molecule has 0 aromatic carbocycles. The molecule has 3 aliphatic rings. The molecule has 0 fully saturated rings. The summed E-state index contributed by atoms with van der Waals surface area (Å²) < 4.78 is 20.1. The molecule has 2 aliphatic carbocycles. The average molecular weight is 451 g/mol. The first-order chi connectivity index (χ1) is 14.7. The van der Waals surface area contributed by atoms with Crippen LogP contribution in [0.5, 0.6) is 0 Å². The molecule has 0 radical (unpaired) electrons. The highest BCUT2D eigenvalue weighted by Crippen LogP contribution is 2.20. The fraction of sp³-hybridized carbons (Fsp3) is 0.500. The van der Waals surface area contributed by atoms with E-state index in [0.29, 0.717) is 18.1 Å². The zero-order valence-electron chi connectivity index (χ0n) is 17.8. The Morgan fingerprint density at radius 1 is 1.39 bits per heavy atom. The number of halogens is 2. The molecule has 0 saturated heterocycles. The van der Waals surface area contributed by atoms with Crippen molar-refractivity contribution in [2.45, 2.75) is 57.0 Å². The molecule has 0 aromatic rings. The number of allylic oxidation sites excluding steroid dienone is 3. The van der Waals surface area contributed by atoms with Crippen LogP contribution in [0.4, 0.5) is 4.39 Å². The second kappa shape index (κ2) is 10.2. The topological polar surface area (TPSA) is 83.0 Å². The van der Waals surface area contributed by atoms with Gasteiger partial charge in [0.25, 0.3) is 5.91 Å². The third-order valence-electron chi connectivity index (χ3n) is 4.89. The lowest BCUT2D eigenvalue weighted by Gasteiger charge is -2.33. The van der Waals surface area contributed by atoms with Gasteiger partial charge in [0.1, 0.15) is 12.1 Å². The van der Waals surface area contributed by atoms with Gasteiger partial charge in [-0.05, 0) is 38.0 Å². The molecule has 9 heteroatoms. The van der Waals surface area contributed by atoms with Gasteiger partial charge in [0.05, 0.1) is 24.6 Å². The summed E-state index contributed by atoms with van der Waals surface area (Å²) in [5.74, 6) is -0.283. The Bertz CT molecular complexity index is 865. The van der Waals surface area contributed by atoms with Crippen molar-refractivity contribution in [3.63, 3.8) is 0 Å². The van der Waals surface area contributed by atoms with Crippen molar-refractivity contribution < 1.29 is 18.7 Å². The molecule has 31 heavy (non-hydrogen) atoms. The number of hydrogen-bond acceptors (Lipinski definition) is 5. The number of nitrogens with zero attached hydrogens (tertiary/aromatic N) is 2. The molecule has 0 saturated carbocycles. The van der Waals surface area contributed by atoms with Crippen LogP contribution in [0.2, 0.25) is 0 Å². The fourth-order valence-electron chi connectivity index (χ4n) is 3.46. The van der Waals surface area contributed by atoms with Crippen molar-refractivity contribution >= 4 is 29.4 Å². The quantitative estimate of drug-likeness (QED) is 0.608. The van der Waals surface area contributed by atoms with Gasteiger partial charge in [-0.2, -0.15) is 0 Å². The maximum atomic E-state index is 14.5. The van der Waals surface area contributed by atoms with Gasteiger partial charge >= 0.3 is 0 Å². The predicted molar refractivity (Wildman–Crippen MR) is 118 cm³/mol. The molecule has 0 aromatic heterocycles. The van der Waals surface area contributed by atoms with Crippen molar-refractivity contribution in [3.8, 4) is 0 Å². The van der Waals surface area contributed by atoms with Crippen LogP contribution in [0.3, 0.4) is 0 Å². The van der Waals surface area contributed by atoms with Gasteiger partial charge in [-0.1, -0.05) is 24.3 Å². The molecule has 0 spiro atoms. The van der Waals surface area contributed by atoms with Crippen LogP contribution in [-0.2, 0) is 14.3 Å². The number of guanidine groups is 1. The lowest BCUT2D eigenvalue weighted by molar-refractivity contribution is -0.133. The van der Waals surface area contributed by atoms with E-state index >= 15 is 0 Å². The van der Waals surface area contributed by atoms with Crippen LogP contribution in [-0.4, -0.2) is 65.6 Å². The van der Waals surface area contributed by atoms with E-state index in [0.717, 1.165) is 5.57 Å². The molecule has 4 unspecified atom stereocenters. The highest BCUT2D eigenvalue weighted by atomic mass is 35.5. The molecule has 7 nitrogen and oxygen atoms in total. The molecule has 3 rings (SSSR count). The summed E-state index contributed by atoms with van der Waals surface area (Å²) in [5.41, 5.74) is 1.39. The number of nitrogens with one attached hydrogen (secondary N) is 2. The molecule has 2 N–H and O–H groups in total. The van der Waals surface area contributed by atoms with Crippen molar-refractivity contribution in [2.24, 2.45) is 4.99 Å². The summed E-state index contributed by atoms with van der Waals surface area (Å²) in [6.07, 6.45) is 9.09. The first kappa shape index (κ1) is 23.2. The minimum atomic E-state index is -1.32. The lowest BCUT2D eigenvalue weighted by Crippen LogP contribution is -2.58. The monoisotopic (exact) mass is 450 g/mol. The third kappa shape index (κ3) is 6.27. The summed E-state index contributed by atoms with van der Waals surface area (Å²) in [4.78, 5) is 30.5. The van der Waals surface area contributed by atoms with Crippen molar-refractivity contribution in [1.82, 2.24) is 15.5 Å². The first-order valence-electron chi connectivity index (χ1n) is 10.3. The zero-order valence-corrected chi connectivity index (χ0v) is 18.6. The Morgan fingerprint density at radius 3 is 2.77 bits per heavy atom. The van der Waals surface area contributed by atoms with E-state index < -0.39 is 18.3 Å². The van der Waals surface area contributed by atoms with E-state index in [1.165, 1.54) is 17.9 Å². The third-order valence-corrected chi connectivity index (χ3v) is 5.21. The van der Waals surface area contributed by atoms with Gasteiger partial charge in [-0.15, -0.1) is 11.6 Å². The van der Waals surface area contributed by atoms with Gasteiger partial charge in [-0.25, -0.2) is 9.38 Å². The van der Waals surface area contributed by atoms with Crippen molar-refractivity contribution in [2.75, 3.05) is 13.1 Å². The normalized spacial score (nSPS) is 28.3. The zero-order chi connectivity index (χ0) is 22.5. The standard InChI is InChI=1S/C22H28ClFN4O3/c1-13(2)31-20-9-8-17(10-18(20)24)27-22-25-11-19(26-14(3)29)21(30)28(22)12-15-4-6-16(23)7-5-15/h4-6,8-10,13,16,18-20H,7,11-12H2,1-3H3,(H,25,27)(H,26,29). The number of rotatable bonds is 6. The van der Waals surface area contributed by atoms with E-state index in [2.05, 4.69) is 15.6 Å². The highest BCUT2D eigenvalue weighted by molar-refractivity contribution is 6.22. The number of alkyl halides is 2. The minimum absolute atomic E-state index is 0.0702. The Kier molecular flexibility index (Phi) is 7.67. The van der Waals surface area contributed by atoms with Gasteiger partial charge in [-0.3, -0.25) is 14.5 Å². The van der Waals surface area contributed by atoms with E-state index in [4.69, 9.17) is 16.3 Å². The molecule has 0 bridgehead atoms. The van der Waals surface area contributed by atoms with Crippen molar-refractivity contribution in [3.05, 3.63) is 47.7 Å². The summed E-state index contributed by atoms with van der Waals surface area (Å²) >= 11 is 6.09. The number of carbonyl (C=O) groups is 2. The van der Waals surface area contributed by atoms with Crippen LogP contribution >= 0.6 is 11.6 Å². The Balaban J connectivity index is 1.77. The Labute approximate surface area is 186 Å². The van der Waals surface area contributed by atoms with Crippen molar-refractivity contribution in [1.29, 1.82) is 0 Å². The van der Waals surface area contributed by atoms with Crippen LogP contribution in [0, 0.1) is 0 Å². The number of carbonyl (C=O) groups excluding carboxylic acids is 2. The van der Waals surface area contributed by atoms with Gasteiger partial charge < -0.3 is 15.4 Å². The molecule has 168 valence electrons. The SMILES string of the molecule is CC(=O)NC1CN=C(NC2=CC(F)C(OC(C)C)C=C2)N(CC2=CCC(Cl)C=C2)C1=O. The Morgan fingerprint density at radius 2 is 2.16 bits per heavy atom. The maximum absolute atomic E-state index is 14.5. The smallest absolute Gasteiger partial charge is 0.254 e. The number of aliphatic imine (C=N–C) groups is 1. The first-order valence-corrected chi connectivity index (χ1v) is 10.8. The van der Waals surface area contributed by atoms with E-state index in [-0.39, 0.29) is 36.4 Å². The van der Waals surface area contributed by atoms with E-state index in [9.17, 15) is 14.0 Å². The summed E-state index contributed by atoms with van der Waals surface area (Å²) in [6.45, 7) is 5.42. The maximum Gasteiger partial charge on any atom is 0.254 e. The van der Waals surface area contributed by atoms with Crippen LogP contribution in [0.25, 0.3) is 0 Å². The lowest BCUT2D eigenvalue weighted by atomic mass is 10.1. The minimum Gasteiger partial charge on any atom is -0.368 e. The summed E-state index contributed by atoms with van der Waals surface area (Å²) in [7, 11) is 0. The van der Waals surface area contributed by atoms with Gasteiger partial charge in [0, 0.05) is 12.6 Å². The molecule has 1 heterocycles. The van der Waals surface area contributed by atoms with Crippen LogP contribution < -0.4 is 10.6 Å². The van der Waals surface area contributed by atoms with E-state index in [1.54, 1.807) is 12.2 Å². The number of ether oxygens (including phenoxy) is 1. The molecule has 1 aliphatic heterocycles. The second-order valence-electron chi connectivity index (χ2n) is 7.93. The fourth-order valence-corrected chi connectivity index (χ4v) is 3.62. The molecular formula is C22H28ClFN4O3. The van der Waals surface area contributed by atoms with Crippen LogP contribution in [0.1, 0.15) is 27.2 Å². The van der Waals surface area contributed by atoms with E-state index in [1.807, 2.05) is 32.1 Å². The predicted octanol–water partition coefficient (Wildman–Crippen LogP) is 2.36. The highest BCUT2D eigenvalue weighted by Gasteiger charge is 2.33. The number of hydrogen-bond donors (Lipinski definition) is 2. The van der Waals surface area contributed by atoms with Gasteiger partial charge in [0.2, 0.25) is 11.9 Å². The number of amides is 2.